The average Bonchev–Trinajstić information content (AvgIpc) is 3.23. The molecule has 142 valence electrons. The number of hydrogen-bond acceptors (Lipinski definition) is 4. The third kappa shape index (κ3) is 4.58. The van der Waals surface area contributed by atoms with Gasteiger partial charge in [-0.15, -0.1) is 0 Å². The Bertz CT molecular complexity index is 815. The van der Waals surface area contributed by atoms with Gasteiger partial charge in [-0.1, -0.05) is 18.2 Å². The normalized spacial score (nSPS) is 14.5. The molecule has 1 atom stereocenters. The minimum Gasteiger partial charge on any atom is -0.497 e. The van der Waals surface area contributed by atoms with Crippen molar-refractivity contribution in [3.8, 4) is 11.5 Å². The van der Waals surface area contributed by atoms with Crippen molar-refractivity contribution >= 4 is 17.5 Å². The number of carbonyl (C=O) groups is 2. The zero-order valence-corrected chi connectivity index (χ0v) is 15.6. The molecule has 1 saturated heterocycles. The molecule has 1 N–H and O–H groups in total. The number of nitrogens with zero attached hydrogens (tertiary/aromatic N) is 1. The van der Waals surface area contributed by atoms with Gasteiger partial charge in [0.2, 0.25) is 0 Å². The Morgan fingerprint density at radius 2 is 1.74 bits per heavy atom. The van der Waals surface area contributed by atoms with E-state index in [0.717, 1.165) is 25.9 Å². The number of methoxy groups -OCH3 is 1. The van der Waals surface area contributed by atoms with E-state index in [9.17, 15) is 9.59 Å². The van der Waals surface area contributed by atoms with Crippen molar-refractivity contribution in [3.63, 3.8) is 0 Å². The molecular weight excluding hydrogens is 344 g/mol. The maximum atomic E-state index is 12.7. The molecule has 1 aliphatic heterocycles. The van der Waals surface area contributed by atoms with E-state index < -0.39 is 6.10 Å². The highest BCUT2D eigenvalue weighted by molar-refractivity contribution is 6.04. The molecule has 0 aliphatic carbocycles. The second-order valence-corrected chi connectivity index (χ2v) is 6.47. The molecule has 2 aromatic carbocycles. The summed E-state index contributed by atoms with van der Waals surface area (Å²) in [5.41, 5.74) is 1.00. The number of anilines is 1. The summed E-state index contributed by atoms with van der Waals surface area (Å²) in [5, 5.41) is 2.82. The van der Waals surface area contributed by atoms with Crippen molar-refractivity contribution in [2.24, 2.45) is 0 Å². The Labute approximate surface area is 159 Å². The number of hydrogen-bond donors (Lipinski definition) is 1. The predicted octanol–water partition coefficient (Wildman–Crippen LogP) is 3.34. The van der Waals surface area contributed by atoms with Crippen LogP contribution in [0.25, 0.3) is 0 Å². The van der Waals surface area contributed by atoms with Crippen LogP contribution < -0.4 is 14.8 Å². The van der Waals surface area contributed by atoms with Crippen molar-refractivity contribution in [2.45, 2.75) is 25.9 Å². The van der Waals surface area contributed by atoms with Gasteiger partial charge in [-0.3, -0.25) is 9.59 Å². The lowest BCUT2D eigenvalue weighted by Gasteiger charge is -2.19. The third-order valence-corrected chi connectivity index (χ3v) is 4.53. The van der Waals surface area contributed by atoms with Gasteiger partial charge >= 0.3 is 0 Å². The fourth-order valence-electron chi connectivity index (χ4n) is 3.04. The third-order valence-electron chi connectivity index (χ3n) is 4.53. The lowest BCUT2D eigenvalue weighted by molar-refractivity contribution is -0.122. The van der Waals surface area contributed by atoms with E-state index in [0.29, 0.717) is 22.7 Å². The molecule has 0 radical (unpaired) electrons. The summed E-state index contributed by atoms with van der Waals surface area (Å²) in [4.78, 5) is 27.1. The quantitative estimate of drug-likeness (QED) is 0.849. The van der Waals surface area contributed by atoms with Crippen LogP contribution in [-0.2, 0) is 4.79 Å². The highest BCUT2D eigenvalue weighted by Crippen LogP contribution is 2.22. The molecule has 0 saturated carbocycles. The highest BCUT2D eigenvalue weighted by atomic mass is 16.5. The number of para-hydroxylation sites is 1. The van der Waals surface area contributed by atoms with Crippen LogP contribution in [-0.4, -0.2) is 43.0 Å². The summed E-state index contributed by atoms with van der Waals surface area (Å²) in [5.74, 6) is 0.823. The van der Waals surface area contributed by atoms with Crippen LogP contribution >= 0.6 is 0 Å². The first kappa shape index (κ1) is 18.8. The minimum absolute atomic E-state index is 0.0511. The molecule has 0 bridgehead atoms. The van der Waals surface area contributed by atoms with E-state index in [-0.39, 0.29) is 11.8 Å². The Balaban J connectivity index is 1.69. The molecule has 3 rings (SSSR count). The van der Waals surface area contributed by atoms with E-state index in [1.54, 1.807) is 62.6 Å². The summed E-state index contributed by atoms with van der Waals surface area (Å²) in [6.07, 6.45) is 1.31. The highest BCUT2D eigenvalue weighted by Gasteiger charge is 2.23. The standard InChI is InChI=1S/C21H24N2O4/c1-15(27-17-9-7-8-16(14-17)26-2)20(24)22-19-11-4-3-10-18(19)21(25)23-12-5-6-13-23/h3-4,7-11,14-15H,5-6,12-13H2,1-2H3,(H,22,24)/t15-/m1/s1. The molecule has 0 aromatic heterocycles. The molecule has 0 spiro atoms. The number of rotatable bonds is 6. The summed E-state index contributed by atoms with van der Waals surface area (Å²) >= 11 is 0. The van der Waals surface area contributed by atoms with Gasteiger partial charge in [0.25, 0.3) is 11.8 Å². The van der Waals surface area contributed by atoms with Gasteiger partial charge in [-0.05, 0) is 44.0 Å². The van der Waals surface area contributed by atoms with Crippen molar-refractivity contribution in [3.05, 3.63) is 54.1 Å². The van der Waals surface area contributed by atoms with Gasteiger partial charge in [0, 0.05) is 19.2 Å². The van der Waals surface area contributed by atoms with E-state index in [1.165, 1.54) is 0 Å². The lowest BCUT2D eigenvalue weighted by Crippen LogP contribution is -2.32. The molecule has 27 heavy (non-hydrogen) atoms. The Kier molecular flexibility index (Phi) is 5.96. The van der Waals surface area contributed by atoms with Crippen LogP contribution in [0.1, 0.15) is 30.1 Å². The fraction of sp³-hybridized carbons (Fsp3) is 0.333. The van der Waals surface area contributed by atoms with E-state index >= 15 is 0 Å². The zero-order chi connectivity index (χ0) is 19.2. The number of nitrogens with one attached hydrogen (secondary N) is 1. The summed E-state index contributed by atoms with van der Waals surface area (Å²) in [7, 11) is 1.57. The number of carbonyl (C=O) groups excluding carboxylic acids is 2. The Morgan fingerprint density at radius 1 is 1.04 bits per heavy atom. The Hall–Kier alpha value is -3.02. The first-order valence-corrected chi connectivity index (χ1v) is 9.08. The number of ether oxygens (including phenoxy) is 2. The summed E-state index contributed by atoms with van der Waals surface area (Å²) < 4.78 is 10.9. The smallest absolute Gasteiger partial charge is 0.265 e. The molecule has 1 fully saturated rings. The number of likely N-dealkylation sites (tertiary alicyclic amines) is 1. The second kappa shape index (κ2) is 8.58. The van der Waals surface area contributed by atoms with E-state index in [4.69, 9.17) is 9.47 Å². The van der Waals surface area contributed by atoms with Crippen molar-refractivity contribution in [1.82, 2.24) is 4.90 Å². The molecule has 6 nitrogen and oxygen atoms in total. The molecule has 1 heterocycles. The topological polar surface area (TPSA) is 67.9 Å². The SMILES string of the molecule is COc1cccc(O[C@H](C)C(=O)Nc2ccccc2C(=O)N2CCCC2)c1. The molecule has 1 aliphatic rings. The summed E-state index contributed by atoms with van der Waals surface area (Å²) in [6.45, 7) is 3.19. The van der Waals surface area contributed by atoms with Gasteiger partial charge in [0.15, 0.2) is 6.10 Å². The number of amides is 2. The van der Waals surface area contributed by atoms with Crippen LogP contribution in [0.15, 0.2) is 48.5 Å². The monoisotopic (exact) mass is 368 g/mol. The van der Waals surface area contributed by atoms with E-state index in [1.807, 2.05) is 4.90 Å². The zero-order valence-electron chi connectivity index (χ0n) is 15.6. The van der Waals surface area contributed by atoms with Gasteiger partial charge in [-0.2, -0.15) is 0 Å². The van der Waals surface area contributed by atoms with Crippen molar-refractivity contribution in [1.29, 1.82) is 0 Å². The molecule has 6 heteroatoms. The molecule has 2 amide bonds. The van der Waals surface area contributed by atoms with E-state index in [2.05, 4.69) is 5.32 Å². The van der Waals surface area contributed by atoms with Gasteiger partial charge < -0.3 is 19.7 Å². The summed E-state index contributed by atoms with van der Waals surface area (Å²) in [6, 6.07) is 14.1. The maximum absolute atomic E-state index is 12.7. The van der Waals surface area contributed by atoms with Gasteiger partial charge in [0.1, 0.15) is 11.5 Å². The van der Waals surface area contributed by atoms with Crippen LogP contribution in [0.5, 0.6) is 11.5 Å². The lowest BCUT2D eigenvalue weighted by atomic mass is 10.1. The second-order valence-electron chi connectivity index (χ2n) is 6.47. The first-order valence-electron chi connectivity index (χ1n) is 9.08. The van der Waals surface area contributed by atoms with Crippen molar-refractivity contribution in [2.75, 3.05) is 25.5 Å². The molecular formula is C21H24N2O4. The molecule has 0 unspecified atom stereocenters. The molecule has 2 aromatic rings. The fourth-order valence-corrected chi connectivity index (χ4v) is 3.04. The maximum Gasteiger partial charge on any atom is 0.265 e. The Morgan fingerprint density at radius 3 is 2.48 bits per heavy atom. The van der Waals surface area contributed by atoms with Crippen LogP contribution in [0.2, 0.25) is 0 Å². The largest absolute Gasteiger partial charge is 0.497 e. The minimum atomic E-state index is -0.730. The van der Waals surface area contributed by atoms with Crippen LogP contribution in [0, 0.1) is 0 Å². The van der Waals surface area contributed by atoms with Crippen LogP contribution in [0.3, 0.4) is 0 Å². The van der Waals surface area contributed by atoms with Gasteiger partial charge in [0.05, 0.1) is 18.4 Å². The van der Waals surface area contributed by atoms with Gasteiger partial charge in [-0.25, -0.2) is 0 Å². The van der Waals surface area contributed by atoms with Crippen molar-refractivity contribution < 1.29 is 19.1 Å². The predicted molar refractivity (Wildman–Crippen MR) is 103 cm³/mol. The number of benzene rings is 2. The first-order chi connectivity index (χ1) is 13.1. The van der Waals surface area contributed by atoms with Crippen LogP contribution in [0.4, 0.5) is 5.69 Å². The average molecular weight is 368 g/mol.